The van der Waals surface area contributed by atoms with Crippen LogP contribution in [0.15, 0.2) is 18.2 Å². The van der Waals surface area contributed by atoms with E-state index in [2.05, 4.69) is 0 Å². The van der Waals surface area contributed by atoms with E-state index in [4.69, 9.17) is 10.5 Å². The molecule has 0 amide bonds. The van der Waals surface area contributed by atoms with Gasteiger partial charge in [0.15, 0.2) is 5.75 Å². The topological polar surface area (TPSA) is 52.3 Å². The van der Waals surface area contributed by atoms with E-state index in [9.17, 15) is 4.79 Å². The number of esters is 1. The van der Waals surface area contributed by atoms with Crippen LogP contribution in [-0.4, -0.2) is 5.97 Å². The van der Waals surface area contributed by atoms with Crippen molar-refractivity contribution in [2.24, 2.45) is 0 Å². The van der Waals surface area contributed by atoms with Gasteiger partial charge in [0.1, 0.15) is 0 Å². The normalized spacial score (nSPS) is 9.69. The largest absolute Gasteiger partial charge is 0.425 e. The van der Waals surface area contributed by atoms with Gasteiger partial charge in [-0.15, -0.1) is 0 Å². The number of benzene rings is 1. The molecule has 0 atom stereocenters. The Balaban J connectivity index is 2.91. The third-order valence-corrected chi connectivity index (χ3v) is 1.74. The van der Waals surface area contributed by atoms with Crippen LogP contribution in [0.25, 0.3) is 0 Å². The lowest BCUT2D eigenvalue weighted by atomic mass is 10.1. The number of carbonyl (C=O) groups is 1. The Morgan fingerprint density at radius 1 is 1.54 bits per heavy atom. The van der Waals surface area contributed by atoms with Gasteiger partial charge in [0.25, 0.3) is 0 Å². The number of carbonyl (C=O) groups excluding carboxylic acids is 1. The highest BCUT2D eigenvalue weighted by Gasteiger charge is 2.03. The van der Waals surface area contributed by atoms with Crippen molar-refractivity contribution in [1.29, 1.82) is 0 Å². The Labute approximate surface area is 77.5 Å². The van der Waals surface area contributed by atoms with Gasteiger partial charge in [-0.1, -0.05) is 13.0 Å². The molecule has 0 saturated carbocycles. The Hall–Kier alpha value is -1.51. The zero-order chi connectivity index (χ0) is 9.84. The number of ether oxygens (including phenoxy) is 1. The van der Waals surface area contributed by atoms with Gasteiger partial charge in [0.2, 0.25) is 0 Å². The molecule has 0 saturated heterocycles. The third-order valence-electron chi connectivity index (χ3n) is 1.74. The average molecular weight is 179 g/mol. The number of rotatable bonds is 2. The van der Waals surface area contributed by atoms with Crippen molar-refractivity contribution in [3.63, 3.8) is 0 Å². The van der Waals surface area contributed by atoms with Crippen LogP contribution in [0.3, 0.4) is 0 Å². The van der Waals surface area contributed by atoms with Crippen LogP contribution in [0, 0.1) is 0 Å². The lowest BCUT2D eigenvalue weighted by Gasteiger charge is -2.06. The second-order valence-corrected chi connectivity index (χ2v) is 2.82. The Morgan fingerprint density at radius 3 is 2.69 bits per heavy atom. The average Bonchev–Trinajstić information content (AvgIpc) is 2.08. The van der Waals surface area contributed by atoms with E-state index < -0.39 is 0 Å². The van der Waals surface area contributed by atoms with Crippen LogP contribution in [0.2, 0.25) is 0 Å². The van der Waals surface area contributed by atoms with Crippen LogP contribution >= 0.6 is 0 Å². The summed E-state index contributed by atoms with van der Waals surface area (Å²) in [7, 11) is 0. The summed E-state index contributed by atoms with van der Waals surface area (Å²) >= 11 is 0. The van der Waals surface area contributed by atoms with Crippen molar-refractivity contribution in [3.8, 4) is 5.75 Å². The maximum Gasteiger partial charge on any atom is 0.308 e. The van der Waals surface area contributed by atoms with Gasteiger partial charge in [-0.2, -0.15) is 0 Å². The highest BCUT2D eigenvalue weighted by atomic mass is 16.5. The fourth-order valence-corrected chi connectivity index (χ4v) is 1.07. The molecule has 70 valence electrons. The van der Waals surface area contributed by atoms with Crippen LogP contribution in [0.4, 0.5) is 5.69 Å². The van der Waals surface area contributed by atoms with E-state index in [0.717, 1.165) is 12.0 Å². The number of nitrogens with two attached hydrogens (primary N) is 1. The fourth-order valence-electron chi connectivity index (χ4n) is 1.07. The molecule has 13 heavy (non-hydrogen) atoms. The zero-order valence-electron chi connectivity index (χ0n) is 7.83. The highest BCUT2D eigenvalue weighted by Crippen LogP contribution is 2.22. The van der Waals surface area contributed by atoms with Crippen molar-refractivity contribution in [1.82, 2.24) is 0 Å². The second-order valence-electron chi connectivity index (χ2n) is 2.82. The number of hydrogen-bond acceptors (Lipinski definition) is 3. The molecular formula is C10H13NO2. The molecule has 0 unspecified atom stereocenters. The van der Waals surface area contributed by atoms with Crippen LogP contribution < -0.4 is 10.5 Å². The molecule has 0 aliphatic rings. The first kappa shape index (κ1) is 9.58. The lowest BCUT2D eigenvalue weighted by molar-refractivity contribution is -0.131. The van der Waals surface area contributed by atoms with Gasteiger partial charge in [-0.3, -0.25) is 4.79 Å². The summed E-state index contributed by atoms with van der Waals surface area (Å²) in [6.45, 7) is 3.40. The SMILES string of the molecule is CCc1ccc(OC(C)=O)c(N)c1. The summed E-state index contributed by atoms with van der Waals surface area (Å²) in [4.78, 5) is 10.6. The molecule has 0 heterocycles. The monoisotopic (exact) mass is 179 g/mol. The molecule has 1 rings (SSSR count). The van der Waals surface area contributed by atoms with Crippen LogP contribution in [-0.2, 0) is 11.2 Å². The quantitative estimate of drug-likeness (QED) is 0.427. The first-order chi connectivity index (χ1) is 6.13. The van der Waals surface area contributed by atoms with Gasteiger partial charge < -0.3 is 10.5 Å². The summed E-state index contributed by atoms with van der Waals surface area (Å²) in [5, 5.41) is 0. The minimum Gasteiger partial charge on any atom is -0.425 e. The third kappa shape index (κ3) is 2.47. The summed E-state index contributed by atoms with van der Waals surface area (Å²) in [6.07, 6.45) is 0.921. The summed E-state index contributed by atoms with van der Waals surface area (Å²) in [5.74, 6) is 0.0839. The Kier molecular flexibility index (Phi) is 2.90. The van der Waals surface area contributed by atoms with Crippen molar-refractivity contribution in [2.75, 3.05) is 5.73 Å². The molecule has 3 nitrogen and oxygen atoms in total. The van der Waals surface area contributed by atoms with Crippen molar-refractivity contribution >= 4 is 11.7 Å². The minimum absolute atomic E-state index is 0.351. The summed E-state index contributed by atoms with van der Waals surface area (Å²) in [6, 6.07) is 5.43. The van der Waals surface area contributed by atoms with E-state index in [-0.39, 0.29) is 5.97 Å². The van der Waals surface area contributed by atoms with Crippen molar-refractivity contribution < 1.29 is 9.53 Å². The number of hydrogen-bond donors (Lipinski definition) is 1. The van der Waals surface area contributed by atoms with E-state index in [1.165, 1.54) is 6.92 Å². The molecule has 0 fully saturated rings. The molecule has 0 bridgehead atoms. The van der Waals surface area contributed by atoms with Crippen molar-refractivity contribution in [2.45, 2.75) is 20.3 Å². The van der Waals surface area contributed by atoms with Crippen LogP contribution in [0.1, 0.15) is 19.4 Å². The van der Waals surface area contributed by atoms with E-state index in [1.54, 1.807) is 6.07 Å². The smallest absolute Gasteiger partial charge is 0.308 e. The van der Waals surface area contributed by atoms with Crippen LogP contribution in [0.5, 0.6) is 5.75 Å². The molecule has 0 aliphatic carbocycles. The standard InChI is InChI=1S/C10H13NO2/c1-3-8-4-5-10(9(11)6-8)13-7(2)12/h4-6H,3,11H2,1-2H3. The van der Waals surface area contributed by atoms with Gasteiger partial charge in [-0.05, 0) is 24.1 Å². The van der Waals surface area contributed by atoms with E-state index in [1.807, 2.05) is 19.1 Å². The van der Waals surface area contributed by atoms with Gasteiger partial charge in [0.05, 0.1) is 5.69 Å². The Bertz CT molecular complexity index is 321. The number of aryl methyl sites for hydroxylation is 1. The van der Waals surface area contributed by atoms with E-state index >= 15 is 0 Å². The molecule has 2 N–H and O–H groups in total. The molecule has 0 spiro atoms. The maximum absolute atomic E-state index is 10.6. The number of nitrogen functional groups attached to an aromatic ring is 1. The predicted octanol–water partition coefficient (Wildman–Crippen LogP) is 1.76. The molecule has 0 aliphatic heterocycles. The second kappa shape index (κ2) is 3.94. The fraction of sp³-hybridized carbons (Fsp3) is 0.300. The molecule has 1 aromatic rings. The van der Waals surface area contributed by atoms with E-state index in [0.29, 0.717) is 11.4 Å². The first-order valence-corrected chi connectivity index (χ1v) is 4.20. The van der Waals surface area contributed by atoms with Crippen molar-refractivity contribution in [3.05, 3.63) is 23.8 Å². The molecule has 1 aromatic carbocycles. The number of anilines is 1. The molecular weight excluding hydrogens is 166 g/mol. The zero-order valence-corrected chi connectivity index (χ0v) is 7.83. The molecule has 0 aromatic heterocycles. The summed E-state index contributed by atoms with van der Waals surface area (Å²) < 4.78 is 4.88. The maximum atomic E-state index is 10.6. The first-order valence-electron chi connectivity index (χ1n) is 4.20. The minimum atomic E-state index is -0.351. The molecule has 3 heteroatoms. The Morgan fingerprint density at radius 2 is 2.23 bits per heavy atom. The van der Waals surface area contributed by atoms with Gasteiger partial charge in [-0.25, -0.2) is 0 Å². The highest BCUT2D eigenvalue weighted by molar-refractivity contribution is 5.72. The van der Waals surface area contributed by atoms with Gasteiger partial charge in [0, 0.05) is 6.92 Å². The predicted molar refractivity (Wildman–Crippen MR) is 51.5 cm³/mol. The van der Waals surface area contributed by atoms with Gasteiger partial charge >= 0.3 is 5.97 Å². The molecule has 0 radical (unpaired) electrons. The summed E-state index contributed by atoms with van der Waals surface area (Å²) in [5.41, 5.74) is 7.31. The lowest BCUT2D eigenvalue weighted by Crippen LogP contribution is -2.04.